The van der Waals surface area contributed by atoms with Gasteiger partial charge in [-0.1, -0.05) is 45.3 Å². The minimum Gasteiger partial charge on any atom is -0.444 e. The van der Waals surface area contributed by atoms with E-state index < -0.39 is 21.7 Å². The number of aryl methyl sites for hydroxylation is 1. The Morgan fingerprint density at radius 3 is 2.08 bits per heavy atom. The number of carbonyl (C=O) groups is 1. The number of piperidine rings is 1. The van der Waals surface area contributed by atoms with Crippen LogP contribution >= 0.6 is 0 Å². The van der Waals surface area contributed by atoms with Crippen molar-refractivity contribution in [3.8, 4) is 22.5 Å². The number of rotatable bonds is 14. The predicted octanol–water partition coefficient (Wildman–Crippen LogP) is 8.27. The van der Waals surface area contributed by atoms with Crippen LogP contribution in [0.1, 0.15) is 58.1 Å². The number of hydrogen-bond acceptors (Lipinski definition) is 9. The largest absolute Gasteiger partial charge is 0.444 e. The van der Waals surface area contributed by atoms with E-state index in [-0.39, 0.29) is 24.1 Å². The van der Waals surface area contributed by atoms with Gasteiger partial charge in [-0.15, -0.1) is 0 Å². The van der Waals surface area contributed by atoms with Crippen LogP contribution in [0, 0.1) is 0 Å². The highest BCUT2D eigenvalue weighted by molar-refractivity contribution is 6.76. The van der Waals surface area contributed by atoms with Crippen molar-refractivity contribution in [2.24, 2.45) is 7.05 Å². The lowest BCUT2D eigenvalue weighted by molar-refractivity contribution is 0.00569. The number of amides is 1. The second kappa shape index (κ2) is 15.6. The third-order valence-corrected chi connectivity index (χ3v) is 13.5. The van der Waals surface area contributed by atoms with Crippen molar-refractivity contribution < 1.29 is 19.0 Å². The summed E-state index contributed by atoms with van der Waals surface area (Å²) in [6.07, 6.45) is 9.10. The summed E-state index contributed by atoms with van der Waals surface area (Å²) >= 11 is 0. The molecule has 4 aromatic rings. The molecule has 12 nitrogen and oxygen atoms in total. The molecule has 288 valence electrons. The fourth-order valence-corrected chi connectivity index (χ4v) is 8.68. The van der Waals surface area contributed by atoms with Gasteiger partial charge in [-0.2, -0.15) is 14.7 Å². The highest BCUT2D eigenvalue weighted by atomic mass is 28.3. The van der Waals surface area contributed by atoms with Crippen LogP contribution in [0.4, 0.5) is 10.6 Å². The number of aromatic nitrogens is 6. The van der Waals surface area contributed by atoms with Crippen LogP contribution in [0.25, 0.3) is 28.2 Å². The molecule has 4 aromatic heterocycles. The molecule has 6 heterocycles. The Hall–Kier alpha value is -3.60. The lowest BCUT2D eigenvalue weighted by Crippen LogP contribution is -2.48. The zero-order chi connectivity index (χ0) is 38.1. The van der Waals surface area contributed by atoms with Gasteiger partial charge in [0.05, 0.1) is 11.9 Å². The van der Waals surface area contributed by atoms with E-state index in [9.17, 15) is 4.79 Å². The maximum atomic E-state index is 13.3. The first-order valence-electron chi connectivity index (χ1n) is 19.2. The fraction of sp³-hybridized carbons (Fsp3) is 0.615. The Bertz CT molecular complexity index is 1820. The second-order valence-corrected chi connectivity index (χ2v) is 29.6. The van der Waals surface area contributed by atoms with Gasteiger partial charge in [-0.05, 0) is 70.7 Å². The summed E-state index contributed by atoms with van der Waals surface area (Å²) < 4.78 is 22.3. The Balaban J connectivity index is 1.36. The lowest BCUT2D eigenvalue weighted by atomic mass is 9.88. The molecule has 0 aliphatic carbocycles. The van der Waals surface area contributed by atoms with Gasteiger partial charge in [-0.3, -0.25) is 9.67 Å². The molecule has 14 heteroatoms. The number of anilines is 1. The van der Waals surface area contributed by atoms with Crippen molar-refractivity contribution >= 4 is 33.7 Å². The minimum atomic E-state index is -1.27. The van der Waals surface area contributed by atoms with E-state index in [0.717, 1.165) is 77.4 Å². The van der Waals surface area contributed by atoms with Crippen molar-refractivity contribution in [1.82, 2.24) is 34.3 Å². The Labute approximate surface area is 317 Å². The maximum absolute atomic E-state index is 13.3. The van der Waals surface area contributed by atoms with E-state index in [2.05, 4.69) is 61.4 Å². The van der Waals surface area contributed by atoms with Gasteiger partial charge in [0.1, 0.15) is 30.6 Å². The van der Waals surface area contributed by atoms with Gasteiger partial charge in [0.25, 0.3) is 0 Å². The molecule has 2 fully saturated rings. The van der Waals surface area contributed by atoms with E-state index in [1.54, 1.807) is 4.68 Å². The molecule has 0 saturated carbocycles. The Kier molecular flexibility index (Phi) is 11.5. The quantitative estimate of drug-likeness (QED) is 0.0713. The summed E-state index contributed by atoms with van der Waals surface area (Å²) in [5.41, 5.74) is 4.71. The van der Waals surface area contributed by atoms with Crippen LogP contribution < -0.4 is 4.90 Å². The van der Waals surface area contributed by atoms with Gasteiger partial charge < -0.3 is 24.0 Å². The smallest absolute Gasteiger partial charge is 0.410 e. The van der Waals surface area contributed by atoms with Gasteiger partial charge >= 0.3 is 6.09 Å². The van der Waals surface area contributed by atoms with Gasteiger partial charge in [-0.25, -0.2) is 9.78 Å². The predicted molar refractivity (Wildman–Crippen MR) is 216 cm³/mol. The zero-order valence-electron chi connectivity index (χ0n) is 33.6. The SMILES string of the molecule is Cn1ccc(-c2ccc(-c3cnn4c(N(COCC[Si](C)(C)C)COCC[Si](C)(C)C)cc([C@@H]5C[C@H]6CC[C@@H](C5)N6C(=O)OC(C)(C)C)nc34)cn2)n1. The molecule has 2 aliphatic rings. The first kappa shape index (κ1) is 39.1. The van der Waals surface area contributed by atoms with E-state index >= 15 is 0 Å². The van der Waals surface area contributed by atoms with E-state index in [1.807, 2.05) is 68.0 Å². The fourth-order valence-electron chi connectivity index (χ4n) is 7.17. The van der Waals surface area contributed by atoms with E-state index in [4.69, 9.17) is 29.3 Å². The highest BCUT2D eigenvalue weighted by Gasteiger charge is 2.45. The molecule has 53 heavy (non-hydrogen) atoms. The summed E-state index contributed by atoms with van der Waals surface area (Å²) in [4.78, 5) is 27.6. The third-order valence-electron chi connectivity index (χ3n) is 10.1. The zero-order valence-corrected chi connectivity index (χ0v) is 35.6. The summed E-state index contributed by atoms with van der Waals surface area (Å²) in [7, 11) is -0.644. The van der Waals surface area contributed by atoms with Crippen LogP contribution in [0.15, 0.2) is 42.9 Å². The summed E-state index contributed by atoms with van der Waals surface area (Å²) in [6, 6.07) is 10.6. The molecule has 6 rings (SSSR count). The molecule has 0 spiro atoms. The van der Waals surface area contributed by atoms with Crippen molar-refractivity contribution in [1.29, 1.82) is 0 Å². The van der Waals surface area contributed by atoms with Crippen LogP contribution in [-0.2, 0) is 21.3 Å². The van der Waals surface area contributed by atoms with Gasteiger partial charge in [0.2, 0.25) is 0 Å². The standard InChI is InChI=1S/C39H60N8O4Si2/c1-39(2,3)51-38(48)46-30-12-13-31(46)22-29(21-30)35-23-36(45(26-49-17-19-52(5,6)7)27-50-18-20-53(8,9)10)47-37(42-35)32(25-41-47)28-11-14-33(40-24-28)34-15-16-44(4)43-34/h11,14-16,23-25,29-31H,12-13,17-22,26-27H2,1-10H3/t29-,30-,31+. The van der Waals surface area contributed by atoms with Crippen LogP contribution in [0.3, 0.4) is 0 Å². The number of pyridine rings is 1. The molecule has 0 aromatic carbocycles. The second-order valence-electron chi connectivity index (χ2n) is 18.3. The first-order chi connectivity index (χ1) is 24.9. The number of hydrogen-bond donors (Lipinski definition) is 0. The van der Waals surface area contributed by atoms with Crippen LogP contribution in [0.2, 0.25) is 51.4 Å². The number of carbonyl (C=O) groups excluding carboxylic acids is 1. The molecule has 2 aliphatic heterocycles. The van der Waals surface area contributed by atoms with E-state index in [0.29, 0.717) is 26.7 Å². The normalized spacial score (nSPS) is 19.3. The summed E-state index contributed by atoms with van der Waals surface area (Å²) in [5, 5.41) is 9.46. The van der Waals surface area contributed by atoms with Crippen molar-refractivity contribution in [2.45, 2.75) is 121 Å². The van der Waals surface area contributed by atoms with Gasteiger partial charge in [0, 0.05) is 89.7 Å². The number of nitrogens with zero attached hydrogens (tertiary/aromatic N) is 8. The molecule has 2 saturated heterocycles. The number of fused-ring (bicyclic) bond motifs is 3. The molecule has 1 amide bonds. The molecular weight excluding hydrogens is 701 g/mol. The first-order valence-corrected chi connectivity index (χ1v) is 26.6. The average molecular weight is 761 g/mol. The van der Waals surface area contributed by atoms with Crippen LogP contribution in [-0.4, -0.2) is 101 Å². The molecule has 0 radical (unpaired) electrons. The Morgan fingerprint density at radius 1 is 0.906 bits per heavy atom. The molecule has 3 atom stereocenters. The minimum absolute atomic E-state index is 0.119. The van der Waals surface area contributed by atoms with E-state index in [1.165, 1.54) is 0 Å². The lowest BCUT2D eigenvalue weighted by Gasteiger charge is -2.39. The number of ether oxygens (including phenoxy) is 3. The molecule has 0 N–H and O–H groups in total. The molecule has 2 bridgehead atoms. The monoisotopic (exact) mass is 760 g/mol. The van der Waals surface area contributed by atoms with Crippen LogP contribution in [0.5, 0.6) is 0 Å². The topological polar surface area (TPSA) is 112 Å². The third kappa shape index (κ3) is 9.94. The summed E-state index contributed by atoms with van der Waals surface area (Å²) in [5.74, 6) is 1.06. The highest BCUT2D eigenvalue weighted by Crippen LogP contribution is 2.44. The van der Waals surface area contributed by atoms with Crippen molar-refractivity contribution in [3.63, 3.8) is 0 Å². The van der Waals surface area contributed by atoms with Crippen molar-refractivity contribution in [3.05, 3.63) is 48.5 Å². The molecule has 0 unspecified atom stereocenters. The molecular formula is C39H60N8O4Si2. The Morgan fingerprint density at radius 2 is 1.55 bits per heavy atom. The van der Waals surface area contributed by atoms with Gasteiger partial charge in [0.15, 0.2) is 5.65 Å². The maximum Gasteiger partial charge on any atom is 0.410 e. The average Bonchev–Trinajstić information content (AvgIpc) is 3.77. The summed E-state index contributed by atoms with van der Waals surface area (Å²) in [6.45, 7) is 22.2. The van der Waals surface area contributed by atoms with Crippen molar-refractivity contribution in [2.75, 3.05) is 31.6 Å².